The fraction of sp³-hybridized carbons (Fsp3) is 0.706. The van der Waals surface area contributed by atoms with Crippen molar-refractivity contribution in [1.82, 2.24) is 19.8 Å². The first-order chi connectivity index (χ1) is 12.1. The maximum absolute atomic E-state index is 11.7. The zero-order chi connectivity index (χ0) is 18.1. The average molecular weight is 350 g/mol. The molecule has 8 heteroatoms. The molecule has 0 aromatic carbocycles. The number of carbonyl (C=O) groups excluding carboxylic acids is 1. The van der Waals surface area contributed by atoms with Crippen LogP contribution >= 0.6 is 0 Å². The molecule has 0 bridgehead atoms. The summed E-state index contributed by atoms with van der Waals surface area (Å²) in [7, 11) is 4.14. The van der Waals surface area contributed by atoms with E-state index < -0.39 is 0 Å². The second-order valence-corrected chi connectivity index (χ2v) is 6.45. The largest absolute Gasteiger partial charge is 0.450 e. The van der Waals surface area contributed by atoms with E-state index in [4.69, 9.17) is 4.74 Å². The fourth-order valence-corrected chi connectivity index (χ4v) is 2.74. The van der Waals surface area contributed by atoms with Crippen LogP contribution in [-0.4, -0.2) is 78.8 Å². The van der Waals surface area contributed by atoms with E-state index in [1.54, 1.807) is 11.1 Å². The molecule has 0 saturated carbocycles. The molecule has 1 aromatic rings. The van der Waals surface area contributed by atoms with Gasteiger partial charge >= 0.3 is 6.09 Å². The van der Waals surface area contributed by atoms with E-state index in [0.29, 0.717) is 25.6 Å². The molecule has 1 aromatic heterocycles. The Morgan fingerprint density at radius 1 is 1.40 bits per heavy atom. The van der Waals surface area contributed by atoms with Gasteiger partial charge in [0.1, 0.15) is 5.82 Å². The van der Waals surface area contributed by atoms with Gasteiger partial charge in [0.05, 0.1) is 6.61 Å². The molecule has 0 unspecified atom stereocenters. The molecule has 8 nitrogen and oxygen atoms in total. The molecule has 2 rings (SSSR count). The number of anilines is 2. The highest BCUT2D eigenvalue weighted by atomic mass is 16.6. The lowest BCUT2D eigenvalue weighted by Gasteiger charge is -2.31. The van der Waals surface area contributed by atoms with E-state index in [0.717, 1.165) is 38.2 Å². The molecule has 0 atom stereocenters. The van der Waals surface area contributed by atoms with Crippen molar-refractivity contribution >= 4 is 17.9 Å². The zero-order valence-electron chi connectivity index (χ0n) is 15.5. The maximum atomic E-state index is 11.7. The lowest BCUT2D eigenvalue weighted by molar-refractivity contribution is 0.0983. The quantitative estimate of drug-likeness (QED) is 0.693. The number of nitrogens with zero attached hydrogens (tertiary/aromatic N) is 4. The summed E-state index contributed by atoms with van der Waals surface area (Å²) >= 11 is 0. The normalized spacial score (nSPS) is 15.3. The Hall–Kier alpha value is -2.09. The van der Waals surface area contributed by atoms with Gasteiger partial charge in [-0.1, -0.05) is 0 Å². The molecule has 2 N–H and O–H groups in total. The van der Waals surface area contributed by atoms with Gasteiger partial charge in [-0.05, 0) is 52.9 Å². The minimum Gasteiger partial charge on any atom is -0.450 e. The Bertz CT molecular complexity index is 532. The van der Waals surface area contributed by atoms with Crippen LogP contribution in [0.5, 0.6) is 0 Å². The number of aromatic nitrogens is 2. The van der Waals surface area contributed by atoms with Crippen LogP contribution < -0.4 is 10.6 Å². The second kappa shape index (κ2) is 10.0. The summed E-state index contributed by atoms with van der Waals surface area (Å²) in [6.07, 6.45) is 4.33. The van der Waals surface area contributed by atoms with Gasteiger partial charge in [0.15, 0.2) is 0 Å². The Kier molecular flexibility index (Phi) is 7.72. The smallest absolute Gasteiger partial charge is 0.409 e. The van der Waals surface area contributed by atoms with Crippen molar-refractivity contribution in [3.8, 4) is 0 Å². The van der Waals surface area contributed by atoms with Gasteiger partial charge in [-0.25, -0.2) is 9.78 Å². The van der Waals surface area contributed by atoms with Crippen molar-refractivity contribution in [1.29, 1.82) is 0 Å². The van der Waals surface area contributed by atoms with E-state index in [1.807, 2.05) is 13.0 Å². The van der Waals surface area contributed by atoms with Gasteiger partial charge < -0.3 is 25.2 Å². The molecular weight excluding hydrogens is 320 g/mol. The number of piperidine rings is 1. The highest BCUT2D eigenvalue weighted by molar-refractivity contribution is 5.67. The van der Waals surface area contributed by atoms with Gasteiger partial charge in [0, 0.05) is 31.9 Å². The zero-order valence-corrected chi connectivity index (χ0v) is 15.5. The van der Waals surface area contributed by atoms with Crippen molar-refractivity contribution in [2.45, 2.75) is 32.2 Å². The van der Waals surface area contributed by atoms with Crippen molar-refractivity contribution in [3.05, 3.63) is 12.3 Å². The molecule has 1 saturated heterocycles. The fourth-order valence-electron chi connectivity index (χ4n) is 2.74. The molecule has 25 heavy (non-hydrogen) atoms. The first kappa shape index (κ1) is 19.2. The third-order valence-corrected chi connectivity index (χ3v) is 4.10. The number of rotatable bonds is 8. The average Bonchev–Trinajstić information content (AvgIpc) is 2.60. The third-order valence-electron chi connectivity index (χ3n) is 4.10. The van der Waals surface area contributed by atoms with Crippen LogP contribution in [0.15, 0.2) is 12.3 Å². The molecule has 0 radical (unpaired) electrons. The van der Waals surface area contributed by atoms with E-state index in [2.05, 4.69) is 39.6 Å². The predicted molar refractivity (Wildman–Crippen MR) is 98.9 cm³/mol. The summed E-state index contributed by atoms with van der Waals surface area (Å²) in [4.78, 5) is 24.5. The summed E-state index contributed by atoms with van der Waals surface area (Å²) < 4.78 is 5.04. The van der Waals surface area contributed by atoms with Gasteiger partial charge in [-0.15, -0.1) is 0 Å². The lowest BCUT2D eigenvalue weighted by Crippen LogP contribution is -2.42. The first-order valence-corrected chi connectivity index (χ1v) is 8.98. The number of hydrogen-bond donors (Lipinski definition) is 2. The Labute approximate surface area is 150 Å². The van der Waals surface area contributed by atoms with Crippen molar-refractivity contribution < 1.29 is 9.53 Å². The molecule has 140 valence electrons. The minimum atomic E-state index is -0.221. The predicted octanol–water partition coefficient (Wildman–Crippen LogP) is 1.87. The number of ether oxygens (including phenoxy) is 1. The van der Waals surface area contributed by atoms with E-state index >= 15 is 0 Å². The number of amides is 1. The summed E-state index contributed by atoms with van der Waals surface area (Å²) in [6, 6.07) is 2.15. The van der Waals surface area contributed by atoms with E-state index in [1.165, 1.54) is 0 Å². The Morgan fingerprint density at radius 2 is 2.16 bits per heavy atom. The summed E-state index contributed by atoms with van der Waals surface area (Å²) in [5.74, 6) is 1.47. The highest BCUT2D eigenvalue weighted by Crippen LogP contribution is 2.16. The van der Waals surface area contributed by atoms with Crippen LogP contribution in [0.25, 0.3) is 0 Å². The standard InChI is InChI=1S/C17H30N6O2/c1-4-25-17(24)23-12-7-14(8-13-23)20-16-19-10-6-15(21-16)18-9-5-11-22(2)3/h6,10,14H,4-5,7-9,11-13H2,1-3H3,(H2,18,19,20,21). The van der Waals surface area contributed by atoms with Crippen LogP contribution in [-0.2, 0) is 4.74 Å². The minimum absolute atomic E-state index is 0.221. The van der Waals surface area contributed by atoms with E-state index in [-0.39, 0.29) is 12.1 Å². The maximum Gasteiger partial charge on any atom is 0.409 e. The molecule has 1 aliphatic rings. The molecular formula is C17H30N6O2. The molecule has 0 aliphatic carbocycles. The first-order valence-electron chi connectivity index (χ1n) is 8.98. The molecule has 1 aliphatic heterocycles. The van der Waals surface area contributed by atoms with Crippen molar-refractivity contribution in [2.24, 2.45) is 0 Å². The molecule has 1 fully saturated rings. The van der Waals surface area contributed by atoms with Crippen molar-refractivity contribution in [2.75, 3.05) is 57.5 Å². The number of hydrogen-bond acceptors (Lipinski definition) is 7. The molecule has 1 amide bonds. The van der Waals surface area contributed by atoms with Gasteiger partial charge in [-0.3, -0.25) is 0 Å². The van der Waals surface area contributed by atoms with Crippen LogP contribution in [0.2, 0.25) is 0 Å². The van der Waals surface area contributed by atoms with Crippen LogP contribution in [0.4, 0.5) is 16.6 Å². The topological polar surface area (TPSA) is 82.6 Å². The third kappa shape index (κ3) is 6.74. The van der Waals surface area contributed by atoms with Crippen molar-refractivity contribution in [3.63, 3.8) is 0 Å². The molecule has 0 spiro atoms. The Balaban J connectivity index is 1.76. The van der Waals surface area contributed by atoms with Crippen LogP contribution in [0.3, 0.4) is 0 Å². The van der Waals surface area contributed by atoms with Gasteiger partial charge in [0.2, 0.25) is 5.95 Å². The second-order valence-electron chi connectivity index (χ2n) is 6.45. The number of carbonyl (C=O) groups is 1. The van der Waals surface area contributed by atoms with Gasteiger partial charge in [0.25, 0.3) is 0 Å². The van der Waals surface area contributed by atoms with E-state index in [9.17, 15) is 4.79 Å². The summed E-state index contributed by atoms with van der Waals surface area (Å²) in [6.45, 7) is 5.55. The summed E-state index contributed by atoms with van der Waals surface area (Å²) in [5.41, 5.74) is 0. The number of nitrogens with one attached hydrogen (secondary N) is 2. The van der Waals surface area contributed by atoms with Crippen LogP contribution in [0.1, 0.15) is 26.2 Å². The molecule has 2 heterocycles. The van der Waals surface area contributed by atoms with Gasteiger partial charge in [-0.2, -0.15) is 4.98 Å². The highest BCUT2D eigenvalue weighted by Gasteiger charge is 2.23. The lowest BCUT2D eigenvalue weighted by atomic mass is 10.1. The van der Waals surface area contributed by atoms with Crippen LogP contribution in [0, 0.1) is 0 Å². The summed E-state index contributed by atoms with van der Waals surface area (Å²) in [5, 5.41) is 6.70. The Morgan fingerprint density at radius 3 is 2.84 bits per heavy atom. The number of likely N-dealkylation sites (tertiary alicyclic amines) is 1. The monoisotopic (exact) mass is 350 g/mol. The SMILES string of the molecule is CCOC(=O)N1CCC(Nc2nccc(NCCCN(C)C)n2)CC1.